The number of likely N-dealkylation sites (tertiary alicyclic amines) is 1. The number of hydrogen-bond acceptors (Lipinski definition) is 4. The molecule has 1 aliphatic rings. The first kappa shape index (κ1) is 15.1. The van der Waals surface area contributed by atoms with Gasteiger partial charge in [0.1, 0.15) is 11.9 Å². The van der Waals surface area contributed by atoms with Crippen molar-refractivity contribution in [1.29, 1.82) is 0 Å². The van der Waals surface area contributed by atoms with Crippen molar-refractivity contribution < 1.29 is 9.53 Å². The summed E-state index contributed by atoms with van der Waals surface area (Å²) in [5.41, 5.74) is 0.533. The summed E-state index contributed by atoms with van der Waals surface area (Å²) in [7, 11) is 0. The lowest BCUT2D eigenvalue weighted by Gasteiger charge is -2.17. The number of halogens is 2. The van der Waals surface area contributed by atoms with Crippen LogP contribution < -0.4 is 4.74 Å². The summed E-state index contributed by atoms with van der Waals surface area (Å²) in [6, 6.07) is 6.80. The molecule has 114 valence electrons. The van der Waals surface area contributed by atoms with Crippen LogP contribution in [0.5, 0.6) is 5.75 Å². The number of ether oxygens (including phenoxy) is 1. The van der Waals surface area contributed by atoms with Crippen molar-refractivity contribution in [2.45, 2.75) is 12.5 Å². The third kappa shape index (κ3) is 3.31. The summed E-state index contributed by atoms with van der Waals surface area (Å²) < 4.78 is 5.86. The maximum atomic E-state index is 12.3. The number of benzene rings is 1. The molecule has 0 aliphatic carbocycles. The number of carbonyl (C=O) groups is 1. The van der Waals surface area contributed by atoms with Gasteiger partial charge >= 0.3 is 0 Å². The molecule has 0 bridgehead atoms. The molecule has 2 aromatic rings. The van der Waals surface area contributed by atoms with E-state index in [1.807, 2.05) is 0 Å². The smallest absolute Gasteiger partial charge is 0.255 e. The molecule has 1 saturated heterocycles. The first-order chi connectivity index (χ1) is 10.6. The zero-order chi connectivity index (χ0) is 15.5. The molecule has 5 nitrogen and oxygen atoms in total. The molecule has 0 unspecified atom stereocenters. The lowest BCUT2D eigenvalue weighted by atomic mass is 10.3. The third-order valence-corrected chi connectivity index (χ3v) is 4.20. The molecule has 3 rings (SSSR count). The third-order valence-electron chi connectivity index (χ3n) is 3.46. The normalized spacial score (nSPS) is 17.5. The topological polar surface area (TPSA) is 55.3 Å². The van der Waals surface area contributed by atoms with Gasteiger partial charge in [-0.05, 0) is 18.2 Å². The van der Waals surface area contributed by atoms with E-state index in [9.17, 15) is 4.79 Å². The van der Waals surface area contributed by atoms with Crippen molar-refractivity contribution in [3.63, 3.8) is 0 Å². The Bertz CT molecular complexity index is 682. The minimum Gasteiger partial charge on any atom is -0.488 e. The van der Waals surface area contributed by atoms with Gasteiger partial charge in [0, 0.05) is 19.0 Å². The Hall–Kier alpha value is -1.85. The minimum absolute atomic E-state index is 0.0593. The standard InChI is InChI=1S/C15H13Cl2N3O2/c16-13-2-1-11(7-14(13)17)22-12-4-6-20(9-12)15(21)10-3-5-18-19-8-10/h1-3,5,7-8,12H,4,6,9H2/t12-/m1/s1. The van der Waals surface area contributed by atoms with Crippen LogP contribution in [0.15, 0.2) is 36.7 Å². The highest BCUT2D eigenvalue weighted by atomic mass is 35.5. The first-order valence-corrected chi connectivity index (χ1v) is 7.57. The second kappa shape index (κ2) is 6.50. The number of amides is 1. The van der Waals surface area contributed by atoms with Gasteiger partial charge < -0.3 is 9.64 Å². The molecule has 1 aromatic carbocycles. The van der Waals surface area contributed by atoms with E-state index >= 15 is 0 Å². The number of aromatic nitrogens is 2. The molecule has 7 heteroatoms. The Kier molecular flexibility index (Phi) is 4.45. The van der Waals surface area contributed by atoms with Crippen LogP contribution >= 0.6 is 23.2 Å². The molecule has 1 aliphatic heterocycles. The summed E-state index contributed by atoms with van der Waals surface area (Å²) in [5, 5.41) is 8.34. The minimum atomic E-state index is -0.0601. The Morgan fingerprint density at radius 2 is 2.09 bits per heavy atom. The second-order valence-electron chi connectivity index (χ2n) is 4.99. The molecule has 1 amide bonds. The number of rotatable bonds is 3. The molecule has 22 heavy (non-hydrogen) atoms. The van der Waals surface area contributed by atoms with E-state index in [1.54, 1.807) is 29.2 Å². The predicted octanol–water partition coefficient (Wildman–Crippen LogP) is 3.08. The highest BCUT2D eigenvalue weighted by Crippen LogP contribution is 2.28. The lowest BCUT2D eigenvalue weighted by molar-refractivity contribution is 0.0772. The maximum Gasteiger partial charge on any atom is 0.255 e. The fourth-order valence-corrected chi connectivity index (χ4v) is 2.64. The zero-order valence-electron chi connectivity index (χ0n) is 11.6. The highest BCUT2D eigenvalue weighted by Gasteiger charge is 2.28. The Morgan fingerprint density at radius 1 is 1.23 bits per heavy atom. The van der Waals surface area contributed by atoms with Gasteiger partial charge in [-0.15, -0.1) is 0 Å². The van der Waals surface area contributed by atoms with Gasteiger partial charge in [-0.3, -0.25) is 4.79 Å². The molecule has 0 saturated carbocycles. The Morgan fingerprint density at radius 3 is 2.82 bits per heavy atom. The van der Waals surface area contributed by atoms with Crippen LogP contribution in [-0.4, -0.2) is 40.2 Å². The van der Waals surface area contributed by atoms with E-state index in [4.69, 9.17) is 27.9 Å². The summed E-state index contributed by atoms with van der Waals surface area (Å²) in [6.45, 7) is 1.18. The van der Waals surface area contributed by atoms with E-state index in [1.165, 1.54) is 12.4 Å². The lowest BCUT2D eigenvalue weighted by Crippen LogP contribution is -2.31. The van der Waals surface area contributed by atoms with Crippen LogP contribution in [-0.2, 0) is 0 Å². The van der Waals surface area contributed by atoms with E-state index in [-0.39, 0.29) is 12.0 Å². The fraction of sp³-hybridized carbons (Fsp3) is 0.267. The van der Waals surface area contributed by atoms with Crippen LogP contribution in [0, 0.1) is 0 Å². The van der Waals surface area contributed by atoms with Crippen molar-refractivity contribution in [2.75, 3.05) is 13.1 Å². The summed E-state index contributed by atoms with van der Waals surface area (Å²) in [5.74, 6) is 0.592. The number of carbonyl (C=O) groups excluding carboxylic acids is 1. The van der Waals surface area contributed by atoms with Gasteiger partial charge in [-0.25, -0.2) is 0 Å². The largest absolute Gasteiger partial charge is 0.488 e. The van der Waals surface area contributed by atoms with Crippen LogP contribution in [0.25, 0.3) is 0 Å². The van der Waals surface area contributed by atoms with E-state index < -0.39 is 0 Å². The van der Waals surface area contributed by atoms with E-state index in [2.05, 4.69) is 10.2 Å². The van der Waals surface area contributed by atoms with Gasteiger partial charge in [0.05, 0.1) is 34.5 Å². The molecule has 1 atom stereocenters. The second-order valence-corrected chi connectivity index (χ2v) is 5.80. The Balaban J connectivity index is 1.62. The predicted molar refractivity (Wildman–Crippen MR) is 83.4 cm³/mol. The van der Waals surface area contributed by atoms with Crippen LogP contribution in [0.1, 0.15) is 16.8 Å². The molecule has 0 N–H and O–H groups in total. The number of nitrogens with zero attached hydrogens (tertiary/aromatic N) is 3. The molecule has 1 fully saturated rings. The monoisotopic (exact) mass is 337 g/mol. The average molecular weight is 338 g/mol. The summed E-state index contributed by atoms with van der Waals surface area (Å²) in [4.78, 5) is 14.1. The molecular weight excluding hydrogens is 325 g/mol. The molecule has 0 spiro atoms. The van der Waals surface area contributed by atoms with Crippen LogP contribution in [0.2, 0.25) is 10.0 Å². The summed E-state index contributed by atoms with van der Waals surface area (Å²) >= 11 is 11.8. The van der Waals surface area contributed by atoms with Crippen molar-refractivity contribution in [2.24, 2.45) is 0 Å². The molecule has 2 heterocycles. The van der Waals surface area contributed by atoms with Crippen molar-refractivity contribution in [1.82, 2.24) is 15.1 Å². The fourth-order valence-electron chi connectivity index (χ4n) is 2.35. The number of hydrogen-bond donors (Lipinski definition) is 0. The highest BCUT2D eigenvalue weighted by molar-refractivity contribution is 6.42. The maximum absolute atomic E-state index is 12.3. The molecule has 1 aromatic heterocycles. The summed E-state index contributed by atoms with van der Waals surface area (Å²) in [6.07, 6.45) is 3.68. The molecule has 0 radical (unpaired) electrons. The average Bonchev–Trinajstić information content (AvgIpc) is 2.99. The first-order valence-electron chi connectivity index (χ1n) is 6.81. The zero-order valence-corrected chi connectivity index (χ0v) is 13.1. The van der Waals surface area contributed by atoms with Gasteiger partial charge in [-0.2, -0.15) is 10.2 Å². The van der Waals surface area contributed by atoms with Gasteiger partial charge in [0.25, 0.3) is 5.91 Å². The van der Waals surface area contributed by atoms with Crippen molar-refractivity contribution >= 4 is 29.1 Å². The van der Waals surface area contributed by atoms with Crippen LogP contribution in [0.3, 0.4) is 0 Å². The van der Waals surface area contributed by atoms with Gasteiger partial charge in [0.2, 0.25) is 0 Å². The van der Waals surface area contributed by atoms with Crippen LogP contribution in [0.4, 0.5) is 0 Å². The van der Waals surface area contributed by atoms with Gasteiger partial charge in [0.15, 0.2) is 0 Å². The quantitative estimate of drug-likeness (QED) is 0.863. The Labute approximate surface area is 137 Å². The van der Waals surface area contributed by atoms with E-state index in [0.717, 1.165) is 6.42 Å². The van der Waals surface area contributed by atoms with Crippen molar-refractivity contribution in [3.8, 4) is 5.75 Å². The van der Waals surface area contributed by atoms with Gasteiger partial charge in [-0.1, -0.05) is 23.2 Å². The van der Waals surface area contributed by atoms with Crippen molar-refractivity contribution in [3.05, 3.63) is 52.3 Å². The SMILES string of the molecule is O=C(c1ccnnc1)N1CC[C@@H](Oc2ccc(Cl)c(Cl)c2)C1. The molecular formula is C15H13Cl2N3O2. The van der Waals surface area contributed by atoms with E-state index in [0.29, 0.717) is 34.4 Å².